The minimum atomic E-state index is -0.775. The largest absolute Gasteiger partial charge is 0.383 e. The number of primary amides is 1. The molecule has 1 aromatic heterocycles. The number of hydrogen-bond acceptors (Lipinski definition) is 5. The molecule has 2 aromatic carbocycles. The Hall–Kier alpha value is -2.95. The van der Waals surface area contributed by atoms with E-state index in [0.29, 0.717) is 18.3 Å². The second-order valence-electron chi connectivity index (χ2n) is 8.46. The number of rotatable bonds is 6. The molecule has 2 aliphatic rings. The molecule has 35 heavy (non-hydrogen) atoms. The molecule has 7 nitrogen and oxygen atoms in total. The highest BCUT2D eigenvalue weighted by Crippen LogP contribution is 2.36. The van der Waals surface area contributed by atoms with Gasteiger partial charge in [-0.2, -0.15) is 16.9 Å². The number of anilines is 1. The topological polar surface area (TPSA) is 85.4 Å². The maximum absolute atomic E-state index is 13.1. The lowest BCUT2D eigenvalue weighted by Crippen LogP contribution is -2.24. The Morgan fingerprint density at radius 1 is 1.20 bits per heavy atom. The summed E-state index contributed by atoms with van der Waals surface area (Å²) in [4.78, 5) is 13.4. The second-order valence-corrected chi connectivity index (χ2v) is 9.44. The number of nitrogens with one attached hydrogen (secondary N) is 1. The van der Waals surface area contributed by atoms with Crippen LogP contribution in [0.2, 0.25) is 0 Å². The number of hydrogen-bond donors (Lipinski definition) is 2. The molecule has 10 heteroatoms. The van der Waals surface area contributed by atoms with E-state index >= 15 is 0 Å². The Morgan fingerprint density at radius 2 is 2.00 bits per heavy atom. The van der Waals surface area contributed by atoms with E-state index in [9.17, 15) is 13.6 Å². The van der Waals surface area contributed by atoms with Gasteiger partial charge in [-0.05, 0) is 48.7 Å². The van der Waals surface area contributed by atoms with Crippen LogP contribution in [0.15, 0.2) is 48.5 Å². The van der Waals surface area contributed by atoms with Gasteiger partial charge < -0.3 is 15.4 Å². The highest BCUT2D eigenvalue weighted by Gasteiger charge is 2.25. The maximum atomic E-state index is 13.1. The van der Waals surface area contributed by atoms with Crippen LogP contribution in [-0.2, 0) is 16.2 Å². The van der Waals surface area contributed by atoms with Crippen LogP contribution < -0.4 is 11.1 Å². The third kappa shape index (κ3) is 6.19. The lowest BCUT2D eigenvalue weighted by molar-refractivity contribution is 0.160. The van der Waals surface area contributed by atoms with Crippen molar-refractivity contribution in [1.29, 1.82) is 0 Å². The minimum Gasteiger partial charge on any atom is -0.383 e. The molecule has 0 spiro atoms. The molecule has 0 bridgehead atoms. The molecule has 1 atom stereocenters. The molecule has 186 valence electrons. The molecule has 3 N–H and O–H groups in total. The maximum Gasteiger partial charge on any atom is 0.317 e. The molecule has 0 aliphatic carbocycles. The van der Waals surface area contributed by atoms with Gasteiger partial charge in [-0.15, -0.1) is 0 Å². The predicted octanol–water partition coefficient (Wildman–Crippen LogP) is 4.51. The van der Waals surface area contributed by atoms with E-state index in [1.807, 2.05) is 30.3 Å². The van der Waals surface area contributed by atoms with E-state index in [1.54, 1.807) is 29.6 Å². The number of thioether (sulfide) groups is 1. The van der Waals surface area contributed by atoms with Crippen LogP contribution in [0.3, 0.4) is 0 Å². The van der Waals surface area contributed by atoms with Crippen LogP contribution in [-0.4, -0.2) is 54.1 Å². The summed E-state index contributed by atoms with van der Waals surface area (Å²) < 4.78 is 32.7. The van der Waals surface area contributed by atoms with E-state index in [0.717, 1.165) is 60.1 Å². The van der Waals surface area contributed by atoms with Gasteiger partial charge in [-0.1, -0.05) is 24.3 Å². The molecule has 1 saturated heterocycles. The van der Waals surface area contributed by atoms with E-state index in [2.05, 4.69) is 15.3 Å². The van der Waals surface area contributed by atoms with Crippen LogP contribution in [0.5, 0.6) is 0 Å². The highest BCUT2D eigenvalue weighted by molar-refractivity contribution is 7.98. The number of methoxy groups -OCH3 is 1. The number of ether oxygens (including phenoxy) is 1. The van der Waals surface area contributed by atoms with E-state index in [1.165, 1.54) is 12.1 Å². The highest BCUT2D eigenvalue weighted by atomic mass is 32.2. The van der Waals surface area contributed by atoms with Gasteiger partial charge in [0.1, 0.15) is 5.82 Å². The first-order valence-electron chi connectivity index (χ1n) is 11.4. The molecule has 3 aromatic rings. The average molecular weight is 502 g/mol. The van der Waals surface area contributed by atoms with Gasteiger partial charge in [0.05, 0.1) is 18.0 Å². The summed E-state index contributed by atoms with van der Waals surface area (Å²) in [6, 6.07) is 13.4. The molecule has 2 aliphatic heterocycles. The lowest BCUT2D eigenvalue weighted by Gasteiger charge is -2.15. The van der Waals surface area contributed by atoms with Crippen molar-refractivity contribution in [3.8, 4) is 5.69 Å². The van der Waals surface area contributed by atoms with E-state index < -0.39 is 17.7 Å². The van der Waals surface area contributed by atoms with Gasteiger partial charge in [0, 0.05) is 37.3 Å². The number of carbonyl (C=O) groups is 1. The summed E-state index contributed by atoms with van der Waals surface area (Å²) in [5, 5.41) is 7.22. The molecule has 0 saturated carbocycles. The number of nitrogens with zero attached hydrogens (tertiary/aromatic N) is 3. The first kappa shape index (κ1) is 25.2. The summed E-state index contributed by atoms with van der Waals surface area (Å²) in [7, 11) is 1.68. The first-order valence-corrected chi connectivity index (χ1v) is 12.6. The Labute approximate surface area is 207 Å². The molecule has 3 heterocycles. The van der Waals surface area contributed by atoms with Crippen LogP contribution in [0.4, 0.5) is 19.4 Å². The lowest BCUT2D eigenvalue weighted by atomic mass is 9.98. The number of benzene rings is 2. The number of fused-ring (bicyclic) bond motifs is 1. The van der Waals surface area contributed by atoms with Crippen molar-refractivity contribution in [2.75, 3.05) is 38.7 Å². The Morgan fingerprint density at radius 3 is 2.71 bits per heavy atom. The van der Waals surface area contributed by atoms with Gasteiger partial charge in [-0.25, -0.2) is 18.3 Å². The summed E-state index contributed by atoms with van der Waals surface area (Å²) in [5.74, 6) is 1.21. The summed E-state index contributed by atoms with van der Waals surface area (Å²) in [6.07, 6.45) is 0.995. The van der Waals surface area contributed by atoms with Crippen LogP contribution in [0.25, 0.3) is 5.69 Å². The Bertz CT molecular complexity index is 1160. The third-order valence-corrected chi connectivity index (χ3v) is 7.06. The number of amides is 2. The fraction of sp³-hybridized carbons (Fsp3) is 0.360. The van der Waals surface area contributed by atoms with Crippen molar-refractivity contribution in [1.82, 2.24) is 14.7 Å². The quantitative estimate of drug-likeness (QED) is 0.519. The Kier molecular flexibility index (Phi) is 8.37. The minimum absolute atomic E-state index is 0.307. The fourth-order valence-corrected chi connectivity index (χ4v) is 5.34. The molecular formula is C25H29F2N5O2S. The van der Waals surface area contributed by atoms with E-state index in [4.69, 9.17) is 10.5 Å². The number of para-hydroxylation sites is 1. The SMILES string of the molecule is COCCN1CCC(c2ccc(F)c(F)c2)C1.NC(=O)Nc1c2c(nn1-c1ccccc1)CSC2. The van der Waals surface area contributed by atoms with Crippen molar-refractivity contribution in [2.45, 2.75) is 23.8 Å². The monoisotopic (exact) mass is 501 g/mol. The van der Waals surface area contributed by atoms with Crippen LogP contribution in [0.1, 0.15) is 29.2 Å². The normalized spacial score (nSPS) is 17.1. The van der Waals surface area contributed by atoms with Crippen LogP contribution in [0, 0.1) is 11.6 Å². The third-order valence-electron chi connectivity index (χ3n) is 6.09. The number of urea groups is 1. The van der Waals surface area contributed by atoms with Gasteiger partial charge in [0.15, 0.2) is 11.6 Å². The average Bonchev–Trinajstić information content (AvgIpc) is 3.58. The standard InChI is InChI=1S/C13H17F2NO.C12H12N4OS/c1-17-7-6-16-5-4-11(9-16)10-2-3-12(14)13(15)8-10;13-12(17)14-11-9-6-18-7-10(9)15-16(11)8-4-2-1-3-5-8/h2-3,8,11H,4-7,9H2,1H3;1-5H,6-7H2,(H3,13,14,17). The summed E-state index contributed by atoms with van der Waals surface area (Å²) >= 11 is 1.79. The van der Waals surface area contributed by atoms with Gasteiger partial charge in [0.2, 0.25) is 0 Å². The van der Waals surface area contributed by atoms with Crippen molar-refractivity contribution in [3.63, 3.8) is 0 Å². The molecule has 1 fully saturated rings. The molecule has 1 unspecified atom stereocenters. The Balaban J connectivity index is 0.000000165. The molecule has 5 rings (SSSR count). The number of likely N-dealkylation sites (tertiary alicyclic amines) is 1. The number of nitrogens with two attached hydrogens (primary N) is 1. The molecular weight excluding hydrogens is 472 g/mol. The van der Waals surface area contributed by atoms with Crippen molar-refractivity contribution < 1.29 is 18.3 Å². The zero-order valence-electron chi connectivity index (χ0n) is 19.5. The van der Waals surface area contributed by atoms with Crippen molar-refractivity contribution in [2.24, 2.45) is 5.73 Å². The number of aromatic nitrogens is 2. The van der Waals surface area contributed by atoms with Gasteiger partial charge in [0.25, 0.3) is 0 Å². The van der Waals surface area contributed by atoms with Gasteiger partial charge >= 0.3 is 6.03 Å². The zero-order chi connectivity index (χ0) is 24.8. The fourth-order valence-electron chi connectivity index (χ4n) is 4.31. The molecule has 2 amide bonds. The van der Waals surface area contributed by atoms with Crippen molar-refractivity contribution >= 4 is 23.6 Å². The van der Waals surface area contributed by atoms with E-state index in [-0.39, 0.29) is 0 Å². The number of halogens is 2. The van der Waals surface area contributed by atoms with Crippen molar-refractivity contribution in [3.05, 3.63) is 77.0 Å². The first-order chi connectivity index (χ1) is 17.0. The predicted molar refractivity (Wildman–Crippen MR) is 134 cm³/mol. The molecule has 0 radical (unpaired) electrons. The zero-order valence-corrected chi connectivity index (χ0v) is 20.4. The second kappa shape index (κ2) is 11.7. The van der Waals surface area contributed by atoms with Crippen LogP contribution >= 0.6 is 11.8 Å². The van der Waals surface area contributed by atoms with Gasteiger partial charge in [-0.3, -0.25) is 5.32 Å². The summed E-state index contributed by atoms with van der Waals surface area (Å²) in [5.41, 5.74) is 9.13. The summed E-state index contributed by atoms with van der Waals surface area (Å²) in [6.45, 7) is 3.50. The number of carbonyl (C=O) groups excluding carboxylic acids is 1. The smallest absolute Gasteiger partial charge is 0.317 e.